The van der Waals surface area contributed by atoms with E-state index in [0.717, 1.165) is 19.3 Å². The van der Waals surface area contributed by atoms with Crippen molar-refractivity contribution in [2.45, 2.75) is 25.3 Å². The molecule has 112 valence electrons. The van der Waals surface area contributed by atoms with E-state index in [9.17, 15) is 9.90 Å². The zero-order valence-electron chi connectivity index (χ0n) is 11.3. The average Bonchev–Trinajstić information content (AvgIpc) is 2.46. The fourth-order valence-corrected chi connectivity index (χ4v) is 3.08. The number of ether oxygens (including phenoxy) is 1. The van der Waals surface area contributed by atoms with E-state index in [0.29, 0.717) is 27.9 Å². The summed E-state index contributed by atoms with van der Waals surface area (Å²) >= 11 is 12.3. The van der Waals surface area contributed by atoms with Crippen LogP contribution in [0, 0.1) is 12.3 Å². The van der Waals surface area contributed by atoms with E-state index < -0.39 is 6.09 Å². The molecule has 1 aromatic rings. The average molecular weight is 328 g/mol. The van der Waals surface area contributed by atoms with E-state index in [2.05, 4.69) is 5.92 Å². The molecule has 0 spiro atoms. The molecular formula is C15H15Cl2NO3. The molecule has 2 rings (SSSR count). The Balaban J connectivity index is 2.37. The van der Waals surface area contributed by atoms with Crippen molar-refractivity contribution in [3.63, 3.8) is 0 Å². The fraction of sp³-hybridized carbons (Fsp3) is 0.400. The summed E-state index contributed by atoms with van der Waals surface area (Å²) in [5.41, 5.74) is 0.704. The molecule has 1 aliphatic rings. The van der Waals surface area contributed by atoms with Gasteiger partial charge in [-0.15, -0.1) is 6.42 Å². The summed E-state index contributed by atoms with van der Waals surface area (Å²) in [7, 11) is 0. The lowest BCUT2D eigenvalue weighted by Gasteiger charge is -2.34. The lowest BCUT2D eigenvalue weighted by molar-refractivity contribution is 0.106. The number of hydrogen-bond acceptors (Lipinski definition) is 2. The maximum atomic E-state index is 11.4. The van der Waals surface area contributed by atoms with Crippen LogP contribution in [0.2, 0.25) is 10.0 Å². The third kappa shape index (κ3) is 3.55. The lowest BCUT2D eigenvalue weighted by atomic mass is 9.95. The standard InChI is InChI=1S/C15H15Cl2NO3/c1-2-7-21-14-8-10(11(16)9-12(14)17)13-5-3-4-6-18(13)15(19)20/h1,8-9,13H,3-7H2,(H,19,20). The van der Waals surface area contributed by atoms with E-state index >= 15 is 0 Å². The van der Waals surface area contributed by atoms with Crippen molar-refractivity contribution in [3.8, 4) is 18.1 Å². The maximum Gasteiger partial charge on any atom is 0.407 e. The van der Waals surface area contributed by atoms with Crippen molar-refractivity contribution in [3.05, 3.63) is 27.7 Å². The van der Waals surface area contributed by atoms with Gasteiger partial charge in [-0.3, -0.25) is 0 Å². The van der Waals surface area contributed by atoms with Gasteiger partial charge in [0, 0.05) is 11.6 Å². The first-order valence-corrected chi connectivity index (χ1v) is 7.35. The van der Waals surface area contributed by atoms with Gasteiger partial charge in [0.25, 0.3) is 0 Å². The molecule has 21 heavy (non-hydrogen) atoms. The summed E-state index contributed by atoms with van der Waals surface area (Å²) < 4.78 is 5.38. The van der Waals surface area contributed by atoms with Crippen molar-refractivity contribution in [2.24, 2.45) is 0 Å². The molecule has 1 saturated heterocycles. The lowest BCUT2D eigenvalue weighted by Crippen LogP contribution is -2.37. The molecule has 6 heteroatoms. The maximum absolute atomic E-state index is 11.4. The largest absolute Gasteiger partial charge is 0.479 e. The number of amides is 1. The molecule has 1 aromatic carbocycles. The van der Waals surface area contributed by atoms with Crippen LogP contribution in [0.4, 0.5) is 4.79 Å². The molecule has 4 nitrogen and oxygen atoms in total. The van der Waals surface area contributed by atoms with Crippen molar-refractivity contribution in [1.82, 2.24) is 4.90 Å². The molecule has 1 fully saturated rings. The van der Waals surface area contributed by atoms with Gasteiger partial charge in [0.2, 0.25) is 0 Å². The summed E-state index contributed by atoms with van der Waals surface area (Å²) in [6, 6.07) is 2.97. The molecule has 1 atom stereocenters. The minimum Gasteiger partial charge on any atom is -0.479 e. The number of carbonyl (C=O) groups is 1. The van der Waals surface area contributed by atoms with E-state index in [1.807, 2.05) is 0 Å². The van der Waals surface area contributed by atoms with Crippen LogP contribution in [0.1, 0.15) is 30.9 Å². The molecule has 0 radical (unpaired) electrons. The van der Waals surface area contributed by atoms with Gasteiger partial charge < -0.3 is 14.7 Å². The minimum atomic E-state index is -0.947. The van der Waals surface area contributed by atoms with Crippen molar-refractivity contribution in [2.75, 3.05) is 13.2 Å². The number of likely N-dealkylation sites (tertiary alicyclic amines) is 1. The molecule has 1 N–H and O–H groups in total. The summed E-state index contributed by atoms with van der Waals surface area (Å²) in [5.74, 6) is 2.79. The van der Waals surface area contributed by atoms with Crippen LogP contribution >= 0.6 is 23.2 Å². The van der Waals surface area contributed by atoms with Crippen molar-refractivity contribution >= 4 is 29.3 Å². The molecule has 1 aliphatic heterocycles. The molecule has 0 aliphatic carbocycles. The second kappa shape index (κ2) is 6.93. The third-order valence-electron chi connectivity index (χ3n) is 3.47. The Hall–Kier alpha value is -1.57. The van der Waals surface area contributed by atoms with E-state index in [4.69, 9.17) is 34.4 Å². The first-order chi connectivity index (χ1) is 10.0. The Bertz CT molecular complexity index is 583. The fourth-order valence-electron chi connectivity index (χ4n) is 2.51. The van der Waals surface area contributed by atoms with Gasteiger partial charge in [-0.25, -0.2) is 4.79 Å². The van der Waals surface area contributed by atoms with E-state index in [-0.39, 0.29) is 12.6 Å². The highest BCUT2D eigenvalue weighted by Gasteiger charge is 2.29. The minimum absolute atomic E-state index is 0.0914. The molecule has 0 aromatic heterocycles. The van der Waals surface area contributed by atoms with E-state index in [1.54, 1.807) is 12.1 Å². The SMILES string of the molecule is C#CCOc1cc(C2CCCCN2C(=O)O)c(Cl)cc1Cl. The van der Waals surface area contributed by atoms with Gasteiger partial charge in [-0.05, 0) is 37.0 Å². The zero-order chi connectivity index (χ0) is 15.4. The highest BCUT2D eigenvalue weighted by Crippen LogP contribution is 2.39. The number of hydrogen-bond donors (Lipinski definition) is 1. The van der Waals surface area contributed by atoms with E-state index in [1.165, 1.54) is 4.90 Å². The predicted molar refractivity (Wildman–Crippen MR) is 82.1 cm³/mol. The second-order valence-corrected chi connectivity index (χ2v) is 5.60. The van der Waals surface area contributed by atoms with Gasteiger partial charge in [0.15, 0.2) is 0 Å². The highest BCUT2D eigenvalue weighted by atomic mass is 35.5. The van der Waals surface area contributed by atoms with Crippen LogP contribution in [-0.4, -0.2) is 29.3 Å². The van der Waals surface area contributed by atoms with Gasteiger partial charge in [0.1, 0.15) is 12.4 Å². The number of halogens is 2. The van der Waals surface area contributed by atoms with Gasteiger partial charge in [0.05, 0.1) is 11.1 Å². The number of carboxylic acid groups (broad SMARTS) is 1. The molecule has 0 bridgehead atoms. The molecular weight excluding hydrogens is 313 g/mol. The zero-order valence-corrected chi connectivity index (χ0v) is 12.8. The van der Waals surface area contributed by atoms with Gasteiger partial charge >= 0.3 is 6.09 Å². The van der Waals surface area contributed by atoms with Crippen LogP contribution in [0.25, 0.3) is 0 Å². The van der Waals surface area contributed by atoms with Crippen LogP contribution in [0.15, 0.2) is 12.1 Å². The Morgan fingerprint density at radius 1 is 1.43 bits per heavy atom. The Morgan fingerprint density at radius 2 is 2.19 bits per heavy atom. The Morgan fingerprint density at radius 3 is 2.86 bits per heavy atom. The summed E-state index contributed by atoms with van der Waals surface area (Å²) in [5, 5.41) is 10.1. The van der Waals surface area contributed by atoms with Crippen molar-refractivity contribution < 1.29 is 14.6 Å². The number of rotatable bonds is 3. The van der Waals surface area contributed by atoms with Crippen LogP contribution in [0.5, 0.6) is 5.75 Å². The van der Waals surface area contributed by atoms with Crippen molar-refractivity contribution in [1.29, 1.82) is 0 Å². The van der Waals surface area contributed by atoms with Crippen LogP contribution in [0.3, 0.4) is 0 Å². The first-order valence-electron chi connectivity index (χ1n) is 6.59. The molecule has 1 amide bonds. The van der Waals surface area contributed by atoms with Gasteiger partial charge in [-0.1, -0.05) is 29.1 Å². The summed E-state index contributed by atoms with van der Waals surface area (Å²) in [6.07, 6.45) is 6.75. The first kappa shape index (κ1) is 15.8. The van der Waals surface area contributed by atoms with Gasteiger partial charge in [-0.2, -0.15) is 0 Å². The third-order valence-corrected chi connectivity index (χ3v) is 4.09. The highest BCUT2D eigenvalue weighted by molar-refractivity contribution is 6.36. The smallest absolute Gasteiger partial charge is 0.407 e. The summed E-state index contributed by atoms with van der Waals surface area (Å²) in [6.45, 7) is 0.591. The number of nitrogens with zero attached hydrogens (tertiary/aromatic N) is 1. The van der Waals surface area contributed by atoms with Crippen LogP contribution in [-0.2, 0) is 0 Å². The monoisotopic (exact) mass is 327 g/mol. The molecule has 1 unspecified atom stereocenters. The number of piperidine rings is 1. The predicted octanol–water partition coefficient (Wildman–Crippen LogP) is 4.21. The second-order valence-electron chi connectivity index (χ2n) is 4.78. The summed E-state index contributed by atoms with van der Waals surface area (Å²) in [4.78, 5) is 12.8. The Kier molecular flexibility index (Phi) is 5.22. The number of benzene rings is 1. The Labute approximate surface area is 133 Å². The number of terminal acetylenes is 1. The molecule has 1 heterocycles. The van der Waals surface area contributed by atoms with Crippen LogP contribution < -0.4 is 4.74 Å². The molecule has 0 saturated carbocycles. The topological polar surface area (TPSA) is 49.8 Å². The normalized spacial score (nSPS) is 18.1. The quantitative estimate of drug-likeness (QED) is 0.846.